The Morgan fingerprint density at radius 1 is 0.515 bits per heavy atom. The minimum Gasteiger partial charge on any atom is -0.756 e. The van der Waals surface area contributed by atoms with Crippen LogP contribution in [-0.2, 0) is 18.4 Å². The first-order valence-electron chi connectivity index (χ1n) is 28.4. The molecule has 0 rings (SSSR count). The van der Waals surface area contributed by atoms with E-state index in [1.54, 1.807) is 6.08 Å². The van der Waals surface area contributed by atoms with E-state index in [-0.39, 0.29) is 12.5 Å². The van der Waals surface area contributed by atoms with E-state index >= 15 is 0 Å². The van der Waals surface area contributed by atoms with E-state index in [4.69, 9.17) is 9.05 Å². The van der Waals surface area contributed by atoms with E-state index in [0.29, 0.717) is 17.4 Å². The van der Waals surface area contributed by atoms with E-state index in [1.807, 2.05) is 27.2 Å². The predicted octanol–water partition coefficient (Wildman–Crippen LogP) is 16.4. The molecule has 0 aromatic heterocycles. The van der Waals surface area contributed by atoms with Crippen LogP contribution in [-0.4, -0.2) is 68.5 Å². The highest BCUT2D eigenvalue weighted by atomic mass is 31.2. The van der Waals surface area contributed by atoms with Crippen LogP contribution in [0.3, 0.4) is 0 Å². The Morgan fingerprint density at radius 3 is 1.23 bits per heavy atom. The molecule has 3 unspecified atom stereocenters. The summed E-state index contributed by atoms with van der Waals surface area (Å²) in [6.07, 6.45) is 62.3. The van der Waals surface area contributed by atoms with Gasteiger partial charge < -0.3 is 28.8 Å². The van der Waals surface area contributed by atoms with Gasteiger partial charge in [0.1, 0.15) is 13.2 Å². The molecule has 0 aromatic rings. The number of likely N-dealkylation sites (N-methyl/N-ethyl adjacent to an activating group) is 1. The number of amides is 1. The number of unbranched alkanes of at least 4 members (excludes halogenated alkanes) is 35. The average molecular weight is 951 g/mol. The fraction of sp³-hybridized carbons (Fsp3) is 0.877. The van der Waals surface area contributed by atoms with Gasteiger partial charge in [-0.25, -0.2) is 0 Å². The van der Waals surface area contributed by atoms with Crippen LogP contribution in [0.2, 0.25) is 0 Å². The lowest BCUT2D eigenvalue weighted by Crippen LogP contribution is -2.45. The summed E-state index contributed by atoms with van der Waals surface area (Å²) >= 11 is 0. The molecule has 1 amide bonds. The Balaban J connectivity index is 4.24. The molecular formula is C57H111N2O6P. The first-order chi connectivity index (χ1) is 32.0. The van der Waals surface area contributed by atoms with Crippen molar-refractivity contribution in [2.24, 2.45) is 0 Å². The fourth-order valence-electron chi connectivity index (χ4n) is 8.34. The Bertz CT molecular complexity index is 1170. The largest absolute Gasteiger partial charge is 0.756 e. The lowest BCUT2D eigenvalue weighted by Gasteiger charge is -2.29. The topological polar surface area (TPSA) is 108 Å². The summed E-state index contributed by atoms with van der Waals surface area (Å²) in [6, 6.07) is -0.905. The number of nitrogens with zero attached hydrogens (tertiary/aromatic N) is 1. The molecule has 8 nitrogen and oxygen atoms in total. The minimum atomic E-state index is -4.60. The van der Waals surface area contributed by atoms with Gasteiger partial charge in [-0.15, -0.1) is 0 Å². The lowest BCUT2D eigenvalue weighted by molar-refractivity contribution is -0.870. The zero-order valence-electron chi connectivity index (χ0n) is 44.4. The number of rotatable bonds is 52. The number of hydrogen-bond acceptors (Lipinski definition) is 6. The quantitative estimate of drug-likeness (QED) is 0.0272. The predicted molar refractivity (Wildman–Crippen MR) is 284 cm³/mol. The van der Waals surface area contributed by atoms with Crippen LogP contribution in [0.5, 0.6) is 0 Å². The Hall–Kier alpha value is -1.28. The molecular weight excluding hydrogens is 840 g/mol. The second-order valence-corrected chi connectivity index (χ2v) is 22.0. The Morgan fingerprint density at radius 2 is 0.848 bits per heavy atom. The number of quaternary nitrogens is 1. The van der Waals surface area contributed by atoms with Gasteiger partial charge in [-0.1, -0.05) is 243 Å². The van der Waals surface area contributed by atoms with Crippen LogP contribution in [0.1, 0.15) is 271 Å². The third-order valence-corrected chi connectivity index (χ3v) is 13.8. The van der Waals surface area contributed by atoms with Crippen molar-refractivity contribution in [2.45, 2.75) is 283 Å². The molecule has 0 aliphatic carbocycles. The number of carbonyl (C=O) groups excluding carboxylic acids is 1. The number of aliphatic hydroxyl groups is 1. The van der Waals surface area contributed by atoms with Gasteiger partial charge in [-0.2, -0.15) is 0 Å². The third-order valence-electron chi connectivity index (χ3n) is 12.8. The summed E-state index contributed by atoms with van der Waals surface area (Å²) in [5, 5.41) is 13.9. The molecule has 0 aromatic carbocycles. The van der Waals surface area contributed by atoms with Gasteiger partial charge >= 0.3 is 0 Å². The number of allylic oxidation sites excluding steroid dienone is 5. The van der Waals surface area contributed by atoms with Crippen molar-refractivity contribution in [2.75, 3.05) is 40.9 Å². The molecule has 0 saturated carbocycles. The van der Waals surface area contributed by atoms with Gasteiger partial charge in [-0.05, 0) is 57.8 Å². The highest BCUT2D eigenvalue weighted by Gasteiger charge is 2.23. The maximum Gasteiger partial charge on any atom is 0.268 e. The Kier molecular flexibility index (Phi) is 47.8. The van der Waals surface area contributed by atoms with Crippen molar-refractivity contribution in [3.8, 4) is 0 Å². The molecule has 66 heavy (non-hydrogen) atoms. The van der Waals surface area contributed by atoms with Gasteiger partial charge in [0.25, 0.3) is 7.82 Å². The zero-order valence-corrected chi connectivity index (χ0v) is 45.3. The molecule has 0 bridgehead atoms. The normalized spacial score (nSPS) is 14.2. The van der Waals surface area contributed by atoms with Gasteiger partial charge in [0, 0.05) is 6.42 Å². The monoisotopic (exact) mass is 951 g/mol. The summed E-state index contributed by atoms with van der Waals surface area (Å²) < 4.78 is 23.3. The van der Waals surface area contributed by atoms with Gasteiger partial charge in [0.15, 0.2) is 0 Å². The van der Waals surface area contributed by atoms with E-state index in [0.717, 1.165) is 38.5 Å². The van der Waals surface area contributed by atoms with Crippen LogP contribution in [0, 0.1) is 0 Å². The Labute approximate surface area is 410 Å². The lowest BCUT2D eigenvalue weighted by atomic mass is 10.0. The molecule has 0 radical (unpaired) electrons. The number of carbonyl (C=O) groups is 1. The molecule has 390 valence electrons. The number of phosphoric ester groups is 1. The second kappa shape index (κ2) is 48.7. The highest BCUT2D eigenvalue weighted by molar-refractivity contribution is 7.45. The summed E-state index contributed by atoms with van der Waals surface area (Å²) in [4.78, 5) is 25.4. The van der Waals surface area contributed by atoms with Crippen LogP contribution in [0.25, 0.3) is 0 Å². The maximum absolute atomic E-state index is 12.9. The summed E-state index contributed by atoms with van der Waals surface area (Å²) in [5.41, 5.74) is 0. The minimum absolute atomic E-state index is 0.00670. The average Bonchev–Trinajstić information content (AvgIpc) is 3.28. The summed E-state index contributed by atoms with van der Waals surface area (Å²) in [7, 11) is 1.25. The van der Waals surface area contributed by atoms with Crippen molar-refractivity contribution in [1.29, 1.82) is 0 Å². The molecule has 9 heteroatoms. The molecule has 2 N–H and O–H groups in total. The highest BCUT2D eigenvalue weighted by Crippen LogP contribution is 2.38. The first kappa shape index (κ1) is 64.7. The van der Waals surface area contributed by atoms with E-state index in [1.165, 1.54) is 212 Å². The molecule has 0 aliphatic rings. The van der Waals surface area contributed by atoms with Crippen molar-refractivity contribution >= 4 is 13.7 Å². The van der Waals surface area contributed by atoms with Crippen molar-refractivity contribution in [3.63, 3.8) is 0 Å². The van der Waals surface area contributed by atoms with Crippen LogP contribution in [0.15, 0.2) is 36.5 Å². The van der Waals surface area contributed by atoms with E-state index in [9.17, 15) is 19.4 Å². The van der Waals surface area contributed by atoms with Gasteiger partial charge in [0.05, 0.1) is 39.9 Å². The molecule has 0 heterocycles. The summed E-state index contributed by atoms with van der Waals surface area (Å²) in [6.45, 7) is 4.65. The molecule has 0 aliphatic heterocycles. The number of aliphatic hydroxyl groups excluding tert-OH is 1. The number of phosphoric acid groups is 1. The van der Waals surface area contributed by atoms with Gasteiger partial charge in [0.2, 0.25) is 5.91 Å². The van der Waals surface area contributed by atoms with Crippen LogP contribution >= 0.6 is 7.82 Å². The molecule has 0 spiro atoms. The van der Waals surface area contributed by atoms with Crippen molar-refractivity contribution < 1.29 is 32.9 Å². The van der Waals surface area contributed by atoms with Crippen LogP contribution in [0.4, 0.5) is 0 Å². The maximum atomic E-state index is 12.9. The second-order valence-electron chi connectivity index (χ2n) is 20.6. The molecule has 0 saturated heterocycles. The van der Waals surface area contributed by atoms with Gasteiger partial charge in [-0.3, -0.25) is 9.36 Å². The molecule has 0 fully saturated rings. The molecule has 3 atom stereocenters. The third kappa shape index (κ3) is 50.6. The smallest absolute Gasteiger partial charge is 0.268 e. The number of hydrogen-bond donors (Lipinski definition) is 2. The standard InChI is InChI=1S/C57H111N2O6P/c1-6-8-10-12-14-16-18-20-22-24-25-26-27-28-29-30-31-32-33-35-36-38-40-42-44-46-48-50-56(60)55(54-65-66(62,63)64-53-52-59(3,4)5)58-57(61)51-49-47-45-43-41-39-37-34-23-21-19-17-15-13-11-9-7-2/h21,23,40,42,48,50,55-56,60H,6-20,22,24-39,41,43-47,49,51-54H2,1-5H3,(H-,58,61,62,63)/b23-21-,42-40+,50-48+. The SMILES string of the molecule is CCCCCCCC/C=C\CCCCCCCCCC(=O)NC(COP(=O)([O-])OCC[N+](C)(C)C)C(O)/C=C/CC/C=C/CCCCCCCCCCCCCCCCCCCCCCC. The van der Waals surface area contributed by atoms with Crippen molar-refractivity contribution in [3.05, 3.63) is 36.5 Å². The number of nitrogens with one attached hydrogen (secondary N) is 1. The zero-order chi connectivity index (χ0) is 48.5. The summed E-state index contributed by atoms with van der Waals surface area (Å²) in [5.74, 6) is -0.210. The van der Waals surface area contributed by atoms with E-state index < -0.39 is 26.6 Å². The van der Waals surface area contributed by atoms with Crippen LogP contribution < -0.4 is 10.2 Å². The van der Waals surface area contributed by atoms with Crippen molar-refractivity contribution in [1.82, 2.24) is 5.32 Å². The fourth-order valence-corrected chi connectivity index (χ4v) is 9.06. The van der Waals surface area contributed by atoms with E-state index in [2.05, 4.69) is 43.5 Å². The first-order valence-corrected chi connectivity index (χ1v) is 29.8.